The van der Waals surface area contributed by atoms with Crippen LogP contribution in [-0.2, 0) is 17.8 Å². The fraction of sp³-hybridized carbons (Fsp3) is 0.476. The molecule has 1 amide bonds. The van der Waals surface area contributed by atoms with Gasteiger partial charge in [-0.3, -0.25) is 4.79 Å². The van der Waals surface area contributed by atoms with Gasteiger partial charge in [0.05, 0.1) is 5.75 Å². The highest BCUT2D eigenvalue weighted by Gasteiger charge is 2.19. The first kappa shape index (κ1) is 19.7. The molecule has 0 aliphatic heterocycles. The predicted molar refractivity (Wildman–Crippen MR) is 111 cm³/mol. The molecule has 0 atom stereocenters. The van der Waals surface area contributed by atoms with Crippen molar-refractivity contribution in [2.75, 3.05) is 11.1 Å². The van der Waals surface area contributed by atoms with E-state index in [2.05, 4.69) is 26.7 Å². The van der Waals surface area contributed by atoms with Gasteiger partial charge in [-0.15, -0.1) is 16.8 Å². The molecule has 6 heteroatoms. The lowest BCUT2D eigenvalue weighted by atomic mass is 9.87. The predicted octanol–water partition coefficient (Wildman–Crippen LogP) is 4.63. The number of aryl methyl sites for hydroxylation is 1. The van der Waals surface area contributed by atoms with Gasteiger partial charge in [-0.1, -0.05) is 62.1 Å². The molecule has 5 nitrogen and oxygen atoms in total. The Bertz CT molecular complexity index is 780. The van der Waals surface area contributed by atoms with Gasteiger partial charge < -0.3 is 9.88 Å². The number of carbonyl (C=O) groups excluding carboxylic acids is 1. The number of amides is 1. The van der Waals surface area contributed by atoms with Crippen LogP contribution in [0.2, 0.25) is 0 Å². The summed E-state index contributed by atoms with van der Waals surface area (Å²) >= 11 is 1.43. The molecule has 1 fully saturated rings. The van der Waals surface area contributed by atoms with Crippen molar-refractivity contribution in [3.8, 4) is 0 Å². The molecule has 2 aromatic rings. The molecule has 1 heterocycles. The van der Waals surface area contributed by atoms with Gasteiger partial charge in [0.15, 0.2) is 5.16 Å². The number of thioether (sulfide) groups is 1. The van der Waals surface area contributed by atoms with Crippen LogP contribution in [0.5, 0.6) is 0 Å². The van der Waals surface area contributed by atoms with Gasteiger partial charge in [0.2, 0.25) is 5.91 Å². The van der Waals surface area contributed by atoms with E-state index in [9.17, 15) is 4.79 Å². The van der Waals surface area contributed by atoms with Crippen molar-refractivity contribution in [2.45, 2.75) is 57.1 Å². The van der Waals surface area contributed by atoms with Gasteiger partial charge in [0, 0.05) is 18.7 Å². The van der Waals surface area contributed by atoms with E-state index in [0.717, 1.165) is 28.7 Å². The van der Waals surface area contributed by atoms with Gasteiger partial charge in [0.25, 0.3) is 0 Å². The Hall–Kier alpha value is -2.08. The molecule has 0 unspecified atom stereocenters. The monoisotopic (exact) mass is 384 g/mol. The summed E-state index contributed by atoms with van der Waals surface area (Å²) in [5.41, 5.74) is 1.95. The number of carbonyl (C=O) groups is 1. The number of aromatic nitrogens is 3. The van der Waals surface area contributed by atoms with Crippen molar-refractivity contribution in [3.63, 3.8) is 0 Å². The number of nitrogens with one attached hydrogen (secondary N) is 1. The Morgan fingerprint density at radius 3 is 2.89 bits per heavy atom. The second-order valence-electron chi connectivity index (χ2n) is 7.21. The first-order chi connectivity index (χ1) is 13.2. The summed E-state index contributed by atoms with van der Waals surface area (Å²) in [7, 11) is 0. The SMILES string of the molecule is C=CCn1c(CC2CCCCC2)nnc1SCC(=O)Nc1cccc(C)c1. The summed E-state index contributed by atoms with van der Waals surface area (Å²) < 4.78 is 2.10. The lowest BCUT2D eigenvalue weighted by molar-refractivity contribution is -0.113. The molecule has 27 heavy (non-hydrogen) atoms. The van der Waals surface area contributed by atoms with Gasteiger partial charge in [-0.2, -0.15) is 0 Å². The van der Waals surface area contributed by atoms with E-state index >= 15 is 0 Å². The lowest BCUT2D eigenvalue weighted by Crippen LogP contribution is -2.15. The second-order valence-corrected chi connectivity index (χ2v) is 8.16. The van der Waals surface area contributed by atoms with E-state index in [1.807, 2.05) is 37.3 Å². The third-order valence-electron chi connectivity index (χ3n) is 4.94. The van der Waals surface area contributed by atoms with Crippen LogP contribution < -0.4 is 5.32 Å². The number of nitrogens with zero attached hydrogens (tertiary/aromatic N) is 3. The molecule has 1 aromatic heterocycles. The van der Waals surface area contributed by atoms with E-state index in [1.165, 1.54) is 43.9 Å². The maximum Gasteiger partial charge on any atom is 0.234 e. The van der Waals surface area contributed by atoms with Crippen molar-refractivity contribution in [1.82, 2.24) is 14.8 Å². The Morgan fingerprint density at radius 1 is 1.33 bits per heavy atom. The Balaban J connectivity index is 1.60. The van der Waals surface area contributed by atoms with Crippen molar-refractivity contribution < 1.29 is 4.79 Å². The topological polar surface area (TPSA) is 59.8 Å². The molecule has 1 aromatic carbocycles. The number of anilines is 1. The van der Waals surface area contributed by atoms with Crippen LogP contribution in [0.15, 0.2) is 42.1 Å². The lowest BCUT2D eigenvalue weighted by Gasteiger charge is -2.21. The molecular formula is C21H28N4OS. The number of rotatable bonds is 8. The zero-order valence-corrected chi connectivity index (χ0v) is 16.8. The van der Waals surface area contributed by atoms with E-state index in [4.69, 9.17) is 0 Å². The van der Waals surface area contributed by atoms with Gasteiger partial charge in [-0.05, 0) is 30.5 Å². The summed E-state index contributed by atoms with van der Waals surface area (Å²) in [5, 5.41) is 12.5. The molecule has 0 spiro atoms. The molecule has 0 bridgehead atoms. The van der Waals surface area contributed by atoms with Crippen LogP contribution >= 0.6 is 11.8 Å². The van der Waals surface area contributed by atoms with E-state index in [0.29, 0.717) is 18.2 Å². The molecule has 1 aliphatic rings. The second kappa shape index (κ2) is 9.74. The summed E-state index contributed by atoms with van der Waals surface area (Å²) in [4.78, 5) is 12.3. The number of hydrogen-bond acceptors (Lipinski definition) is 4. The van der Waals surface area contributed by atoms with E-state index in [1.54, 1.807) is 0 Å². The van der Waals surface area contributed by atoms with Crippen molar-refractivity contribution in [1.29, 1.82) is 0 Å². The molecule has 0 radical (unpaired) electrons. The highest BCUT2D eigenvalue weighted by Crippen LogP contribution is 2.27. The quantitative estimate of drug-likeness (QED) is 0.533. The van der Waals surface area contributed by atoms with Crippen LogP contribution in [0.25, 0.3) is 0 Å². The third kappa shape index (κ3) is 5.70. The smallest absolute Gasteiger partial charge is 0.234 e. The van der Waals surface area contributed by atoms with Gasteiger partial charge >= 0.3 is 0 Å². The Morgan fingerprint density at radius 2 is 2.15 bits per heavy atom. The van der Waals surface area contributed by atoms with E-state index in [-0.39, 0.29) is 5.91 Å². The molecule has 3 rings (SSSR count). The summed E-state index contributed by atoms with van der Waals surface area (Å²) in [6, 6.07) is 7.81. The van der Waals surface area contributed by atoms with Gasteiger partial charge in [0.1, 0.15) is 5.82 Å². The summed E-state index contributed by atoms with van der Waals surface area (Å²) in [6.45, 7) is 6.55. The minimum atomic E-state index is -0.0346. The maximum absolute atomic E-state index is 12.3. The molecular weight excluding hydrogens is 356 g/mol. The zero-order chi connectivity index (χ0) is 19.1. The van der Waals surface area contributed by atoms with E-state index < -0.39 is 0 Å². The molecule has 1 saturated carbocycles. The van der Waals surface area contributed by atoms with Crippen molar-refractivity contribution in [3.05, 3.63) is 48.3 Å². The highest BCUT2D eigenvalue weighted by atomic mass is 32.2. The van der Waals surface area contributed by atoms with Crippen LogP contribution in [-0.4, -0.2) is 26.4 Å². The van der Waals surface area contributed by atoms with Gasteiger partial charge in [-0.25, -0.2) is 0 Å². The third-order valence-corrected chi connectivity index (χ3v) is 5.90. The van der Waals surface area contributed by atoms with Crippen molar-refractivity contribution >= 4 is 23.4 Å². The summed E-state index contributed by atoms with van der Waals surface area (Å²) in [5.74, 6) is 2.00. The standard InChI is InChI=1S/C21H28N4OS/c1-3-12-25-19(14-17-9-5-4-6-10-17)23-24-21(25)27-15-20(26)22-18-11-7-8-16(2)13-18/h3,7-8,11,13,17H,1,4-6,9-10,12,14-15H2,2H3,(H,22,26). The minimum absolute atomic E-state index is 0.0346. The summed E-state index contributed by atoms with van der Waals surface area (Å²) in [6.07, 6.45) is 9.39. The first-order valence-electron chi connectivity index (χ1n) is 9.68. The number of allylic oxidation sites excluding steroid dienone is 1. The number of benzene rings is 1. The van der Waals surface area contributed by atoms with Crippen LogP contribution in [0.3, 0.4) is 0 Å². The first-order valence-corrected chi connectivity index (χ1v) is 10.7. The Kier molecular flexibility index (Phi) is 7.10. The average Bonchev–Trinajstić information content (AvgIpc) is 3.03. The number of hydrogen-bond donors (Lipinski definition) is 1. The fourth-order valence-corrected chi connectivity index (χ4v) is 4.36. The molecule has 1 N–H and O–H groups in total. The highest BCUT2D eigenvalue weighted by molar-refractivity contribution is 7.99. The Labute approximate surface area is 165 Å². The molecule has 1 aliphatic carbocycles. The van der Waals surface area contributed by atoms with Crippen LogP contribution in [0, 0.1) is 12.8 Å². The largest absolute Gasteiger partial charge is 0.325 e. The molecule has 144 valence electrons. The fourth-order valence-electron chi connectivity index (χ4n) is 3.59. The average molecular weight is 385 g/mol. The normalized spacial score (nSPS) is 14.9. The van der Waals surface area contributed by atoms with Crippen molar-refractivity contribution in [2.24, 2.45) is 5.92 Å². The maximum atomic E-state index is 12.3. The molecule has 0 saturated heterocycles. The zero-order valence-electron chi connectivity index (χ0n) is 16.0. The van der Waals surface area contributed by atoms with Crippen LogP contribution in [0.1, 0.15) is 43.5 Å². The minimum Gasteiger partial charge on any atom is -0.325 e. The van der Waals surface area contributed by atoms with Crippen LogP contribution in [0.4, 0.5) is 5.69 Å².